The van der Waals surface area contributed by atoms with E-state index in [0.717, 1.165) is 37.0 Å². The Kier molecular flexibility index (Phi) is 4.25. The topological polar surface area (TPSA) is 41.5 Å². The van der Waals surface area contributed by atoms with Crippen LogP contribution in [0, 0.1) is 0 Å². The molecule has 0 heterocycles. The Morgan fingerprint density at radius 3 is 2.72 bits per heavy atom. The molecule has 1 fully saturated rings. The third kappa shape index (κ3) is 2.85. The van der Waals surface area contributed by atoms with Gasteiger partial charge >= 0.3 is 0 Å². The second-order valence-electron chi connectivity index (χ2n) is 5.06. The summed E-state index contributed by atoms with van der Waals surface area (Å²) in [6.45, 7) is 2.63. The van der Waals surface area contributed by atoms with E-state index in [-0.39, 0.29) is 0 Å². The van der Waals surface area contributed by atoms with Gasteiger partial charge in [0.2, 0.25) is 0 Å². The van der Waals surface area contributed by atoms with Crippen LogP contribution in [0.15, 0.2) is 24.3 Å². The van der Waals surface area contributed by atoms with Gasteiger partial charge in [0.15, 0.2) is 0 Å². The smallest absolute Gasteiger partial charge is 0.119 e. The van der Waals surface area contributed by atoms with Gasteiger partial charge in [-0.05, 0) is 57.4 Å². The maximum atomic E-state index is 10.8. The van der Waals surface area contributed by atoms with Crippen molar-refractivity contribution in [3.05, 3.63) is 29.8 Å². The number of nitrogens with one attached hydrogen (secondary N) is 1. The number of benzene rings is 1. The Labute approximate surface area is 109 Å². The van der Waals surface area contributed by atoms with Crippen molar-refractivity contribution in [2.75, 3.05) is 13.7 Å². The molecule has 100 valence electrons. The van der Waals surface area contributed by atoms with Gasteiger partial charge in [0, 0.05) is 6.04 Å². The average molecular weight is 249 g/mol. The van der Waals surface area contributed by atoms with E-state index in [0.29, 0.717) is 12.6 Å². The number of hydrogen-bond donors (Lipinski definition) is 2. The number of aliphatic hydroxyl groups is 1. The average Bonchev–Trinajstić information content (AvgIpc) is 2.40. The maximum Gasteiger partial charge on any atom is 0.119 e. The third-order valence-electron chi connectivity index (χ3n) is 3.90. The molecule has 1 aliphatic rings. The Hall–Kier alpha value is -1.06. The van der Waals surface area contributed by atoms with Crippen LogP contribution < -0.4 is 10.1 Å². The second-order valence-corrected chi connectivity index (χ2v) is 5.06. The van der Waals surface area contributed by atoms with Gasteiger partial charge in [-0.1, -0.05) is 12.1 Å². The van der Waals surface area contributed by atoms with E-state index in [1.54, 1.807) is 0 Å². The van der Waals surface area contributed by atoms with Crippen LogP contribution in [0.2, 0.25) is 0 Å². The van der Waals surface area contributed by atoms with Crippen molar-refractivity contribution in [1.82, 2.24) is 5.32 Å². The molecule has 0 amide bonds. The zero-order chi connectivity index (χ0) is 13.0. The van der Waals surface area contributed by atoms with E-state index in [1.165, 1.54) is 0 Å². The van der Waals surface area contributed by atoms with Crippen molar-refractivity contribution in [2.45, 2.75) is 44.2 Å². The SMILES string of the molecule is CCOc1cccc(C2(O)CCC(NC)CC2)c1. The highest BCUT2D eigenvalue weighted by atomic mass is 16.5. The maximum absolute atomic E-state index is 10.8. The normalized spacial score (nSPS) is 28.1. The molecule has 0 aromatic heterocycles. The highest BCUT2D eigenvalue weighted by Gasteiger charge is 2.34. The molecule has 0 atom stereocenters. The number of hydrogen-bond acceptors (Lipinski definition) is 3. The van der Waals surface area contributed by atoms with E-state index >= 15 is 0 Å². The molecule has 3 nitrogen and oxygen atoms in total. The van der Waals surface area contributed by atoms with Gasteiger partial charge in [-0.2, -0.15) is 0 Å². The summed E-state index contributed by atoms with van der Waals surface area (Å²) in [5.74, 6) is 0.846. The summed E-state index contributed by atoms with van der Waals surface area (Å²) in [4.78, 5) is 0. The van der Waals surface area contributed by atoms with E-state index in [2.05, 4.69) is 5.32 Å². The molecular formula is C15H23NO2. The lowest BCUT2D eigenvalue weighted by Gasteiger charge is -2.36. The molecule has 1 aliphatic carbocycles. The summed E-state index contributed by atoms with van der Waals surface area (Å²) in [6.07, 6.45) is 3.67. The van der Waals surface area contributed by atoms with Gasteiger partial charge in [0.1, 0.15) is 5.75 Å². The van der Waals surface area contributed by atoms with Crippen LogP contribution in [0.1, 0.15) is 38.2 Å². The van der Waals surface area contributed by atoms with Crippen LogP contribution >= 0.6 is 0 Å². The second kappa shape index (κ2) is 5.72. The van der Waals surface area contributed by atoms with Gasteiger partial charge in [-0.3, -0.25) is 0 Å². The van der Waals surface area contributed by atoms with Gasteiger partial charge in [0.25, 0.3) is 0 Å². The van der Waals surface area contributed by atoms with Crippen LogP contribution in [-0.2, 0) is 5.60 Å². The lowest BCUT2D eigenvalue weighted by atomic mass is 9.78. The van der Waals surface area contributed by atoms with Gasteiger partial charge in [0.05, 0.1) is 12.2 Å². The summed E-state index contributed by atoms with van der Waals surface area (Å²) in [6, 6.07) is 8.42. The van der Waals surface area contributed by atoms with E-state index < -0.39 is 5.60 Å². The molecule has 18 heavy (non-hydrogen) atoms. The lowest BCUT2D eigenvalue weighted by Crippen LogP contribution is -2.38. The molecule has 0 spiro atoms. The predicted molar refractivity (Wildman–Crippen MR) is 72.8 cm³/mol. The zero-order valence-electron chi connectivity index (χ0n) is 11.3. The van der Waals surface area contributed by atoms with E-state index in [9.17, 15) is 5.11 Å². The summed E-state index contributed by atoms with van der Waals surface area (Å²) < 4.78 is 5.50. The number of ether oxygens (including phenoxy) is 1. The van der Waals surface area contributed by atoms with Crippen molar-refractivity contribution in [3.8, 4) is 5.75 Å². The van der Waals surface area contributed by atoms with Crippen LogP contribution in [-0.4, -0.2) is 24.8 Å². The highest BCUT2D eigenvalue weighted by Crippen LogP contribution is 2.38. The molecule has 0 saturated heterocycles. The quantitative estimate of drug-likeness (QED) is 0.861. The van der Waals surface area contributed by atoms with Crippen LogP contribution in [0.4, 0.5) is 0 Å². The monoisotopic (exact) mass is 249 g/mol. The number of rotatable bonds is 4. The molecule has 3 heteroatoms. The Morgan fingerprint density at radius 1 is 1.39 bits per heavy atom. The molecule has 2 N–H and O–H groups in total. The first-order chi connectivity index (χ1) is 8.68. The fourth-order valence-corrected chi connectivity index (χ4v) is 2.71. The van der Waals surface area contributed by atoms with Crippen molar-refractivity contribution in [2.24, 2.45) is 0 Å². The molecule has 2 rings (SSSR count). The van der Waals surface area contributed by atoms with Gasteiger partial charge in [-0.25, -0.2) is 0 Å². The Balaban J connectivity index is 2.12. The first-order valence-corrected chi connectivity index (χ1v) is 6.81. The van der Waals surface area contributed by atoms with Crippen molar-refractivity contribution in [3.63, 3.8) is 0 Å². The summed E-state index contributed by atoms with van der Waals surface area (Å²) in [7, 11) is 1.99. The molecule has 0 bridgehead atoms. The van der Waals surface area contributed by atoms with Crippen molar-refractivity contribution >= 4 is 0 Å². The molecule has 0 aliphatic heterocycles. The first-order valence-electron chi connectivity index (χ1n) is 6.81. The standard InChI is InChI=1S/C15H23NO2/c1-3-18-14-6-4-5-12(11-14)15(17)9-7-13(16-2)8-10-15/h4-6,11,13,16-17H,3,7-10H2,1-2H3. The predicted octanol–water partition coefficient (Wildman–Crippen LogP) is 2.43. The van der Waals surface area contributed by atoms with Crippen molar-refractivity contribution in [1.29, 1.82) is 0 Å². The largest absolute Gasteiger partial charge is 0.494 e. The van der Waals surface area contributed by atoms with Gasteiger partial charge < -0.3 is 15.2 Å². The fourth-order valence-electron chi connectivity index (χ4n) is 2.71. The van der Waals surface area contributed by atoms with Crippen LogP contribution in [0.5, 0.6) is 5.75 Å². The Bertz CT molecular complexity index is 384. The molecular weight excluding hydrogens is 226 g/mol. The zero-order valence-corrected chi connectivity index (χ0v) is 11.3. The molecule has 1 aromatic carbocycles. The van der Waals surface area contributed by atoms with Crippen molar-refractivity contribution < 1.29 is 9.84 Å². The van der Waals surface area contributed by atoms with Crippen LogP contribution in [0.3, 0.4) is 0 Å². The van der Waals surface area contributed by atoms with E-state index in [1.807, 2.05) is 38.2 Å². The minimum absolute atomic E-state index is 0.542. The Morgan fingerprint density at radius 2 is 2.11 bits per heavy atom. The van der Waals surface area contributed by atoms with Crippen LogP contribution in [0.25, 0.3) is 0 Å². The highest BCUT2D eigenvalue weighted by molar-refractivity contribution is 5.32. The summed E-state index contributed by atoms with van der Waals surface area (Å²) in [5.41, 5.74) is 0.309. The lowest BCUT2D eigenvalue weighted by molar-refractivity contribution is -0.00781. The first kappa shape index (κ1) is 13.4. The molecule has 1 aromatic rings. The van der Waals surface area contributed by atoms with Gasteiger partial charge in [-0.15, -0.1) is 0 Å². The molecule has 1 saturated carbocycles. The molecule has 0 unspecified atom stereocenters. The minimum atomic E-state index is -0.680. The van der Waals surface area contributed by atoms with E-state index in [4.69, 9.17) is 4.74 Å². The summed E-state index contributed by atoms with van der Waals surface area (Å²) >= 11 is 0. The third-order valence-corrected chi connectivity index (χ3v) is 3.90. The summed E-state index contributed by atoms with van der Waals surface area (Å²) in [5, 5.41) is 14.1. The fraction of sp³-hybridized carbons (Fsp3) is 0.600. The molecule has 0 radical (unpaired) electrons. The minimum Gasteiger partial charge on any atom is -0.494 e.